The zero-order chi connectivity index (χ0) is 41.8. The molecule has 17 atom stereocenters. The molecule has 4 N–H and O–H groups in total. The van der Waals surface area contributed by atoms with E-state index in [4.69, 9.17) is 23.4 Å². The van der Waals surface area contributed by atoms with Gasteiger partial charge in [-0.25, -0.2) is 4.79 Å². The molecule has 2 bridgehead atoms. The number of epoxide rings is 1. The van der Waals surface area contributed by atoms with E-state index in [1.165, 1.54) is 0 Å². The molecule has 0 amide bonds. The molecule has 8 fully saturated rings. The van der Waals surface area contributed by atoms with Crippen LogP contribution in [0.3, 0.4) is 0 Å². The molecular weight excluding hydrogens is 769 g/mol. The molecule has 326 valence electrons. The fourth-order valence-electron chi connectivity index (χ4n) is 16.1. The molecule has 5 aliphatic carbocycles. The number of allylic oxidation sites excluding steroid dienone is 2. The van der Waals surface area contributed by atoms with Gasteiger partial charge in [0.2, 0.25) is 0 Å². The first-order valence-electron chi connectivity index (χ1n) is 22.8. The van der Waals surface area contributed by atoms with Crippen molar-refractivity contribution in [3.05, 3.63) is 48.1 Å². The van der Waals surface area contributed by atoms with Crippen LogP contribution >= 0.6 is 0 Å². The van der Waals surface area contributed by atoms with Crippen molar-refractivity contribution in [1.29, 1.82) is 0 Å². The zero-order valence-corrected chi connectivity index (χ0v) is 35.3. The maximum atomic E-state index is 15.6. The van der Waals surface area contributed by atoms with Crippen molar-refractivity contribution >= 4 is 17.7 Å². The van der Waals surface area contributed by atoms with E-state index in [1.54, 1.807) is 6.26 Å². The van der Waals surface area contributed by atoms with Crippen molar-refractivity contribution in [3.63, 3.8) is 0 Å². The standard InChI is InChI=1S/C47H62N2O11/c1-25(2)8-15-43(4)46-13-5-12-44(37(53)38(46)54)34(45(46)23-57-36(52)20-35(45)59-43)9-14-42(3)39(58-41(55)40-47(42,44)60-40)29-11-17-56-33(29)19-30(32(51)22-50)26-6-7-28-27(18-26)10-16-49-24-48-21-31(28)49/h5,10-11,13,16-17,25-28,30-32,34-35,37,39-40,48,50-51,53H,6-9,12,14-15,18-24H2,1-4H3/t26-,27+,28+,30-,31-,32+,34-,35-,37+,39-,40+,42-,43-,44-,45-,46+,47+/m0/s1. The van der Waals surface area contributed by atoms with E-state index in [-0.39, 0.29) is 49.1 Å². The monoisotopic (exact) mass is 830 g/mol. The Balaban J connectivity index is 0.964. The quantitative estimate of drug-likeness (QED) is 0.159. The molecule has 60 heavy (non-hydrogen) atoms. The van der Waals surface area contributed by atoms with Gasteiger partial charge < -0.3 is 43.6 Å². The molecule has 0 unspecified atom stereocenters. The summed E-state index contributed by atoms with van der Waals surface area (Å²) in [6, 6.07) is 2.33. The highest BCUT2D eigenvalue weighted by Crippen LogP contribution is 2.84. The minimum Gasteiger partial charge on any atom is -0.469 e. The summed E-state index contributed by atoms with van der Waals surface area (Å²) in [6.45, 7) is 9.80. The van der Waals surface area contributed by atoms with Gasteiger partial charge in [0.25, 0.3) is 0 Å². The van der Waals surface area contributed by atoms with Crippen LogP contribution in [0.1, 0.15) is 103 Å². The van der Waals surface area contributed by atoms with Gasteiger partial charge >= 0.3 is 11.9 Å². The molecule has 0 radical (unpaired) electrons. The number of carbonyl (C=O) groups excluding carboxylic acids is 3. The number of carbonyl (C=O) groups is 3. The average Bonchev–Trinajstić information content (AvgIpc) is 3.54. The summed E-state index contributed by atoms with van der Waals surface area (Å²) in [6.07, 6.45) is 11.2. The van der Waals surface area contributed by atoms with Crippen LogP contribution in [0.2, 0.25) is 0 Å². The van der Waals surface area contributed by atoms with Gasteiger partial charge in [-0.3, -0.25) is 14.9 Å². The summed E-state index contributed by atoms with van der Waals surface area (Å²) in [4.78, 5) is 45.4. The van der Waals surface area contributed by atoms with E-state index >= 15 is 4.79 Å². The molecule has 5 saturated heterocycles. The number of fused-ring (bicyclic) bond motifs is 5. The van der Waals surface area contributed by atoms with Crippen molar-refractivity contribution < 1.29 is 53.1 Å². The molecule has 0 aromatic carbocycles. The number of hydrogen-bond acceptors (Lipinski definition) is 13. The van der Waals surface area contributed by atoms with E-state index in [2.05, 4.69) is 43.3 Å². The summed E-state index contributed by atoms with van der Waals surface area (Å²) >= 11 is 0. The molecule has 13 heteroatoms. The minimum absolute atomic E-state index is 0.0101. The van der Waals surface area contributed by atoms with Gasteiger partial charge in [-0.15, -0.1) is 0 Å². The number of nitrogens with one attached hydrogen (secondary N) is 1. The van der Waals surface area contributed by atoms with Gasteiger partial charge in [-0.05, 0) is 106 Å². The third-order valence-electron chi connectivity index (χ3n) is 18.8. The van der Waals surface area contributed by atoms with Crippen LogP contribution in [0.15, 0.2) is 41.2 Å². The summed E-state index contributed by atoms with van der Waals surface area (Å²) < 4.78 is 32.6. The van der Waals surface area contributed by atoms with Gasteiger partial charge in [-0.2, -0.15) is 0 Å². The molecule has 3 saturated carbocycles. The summed E-state index contributed by atoms with van der Waals surface area (Å²) in [7, 11) is 0. The smallest absolute Gasteiger partial charge is 0.339 e. The fourth-order valence-corrected chi connectivity index (χ4v) is 16.1. The number of esters is 2. The lowest BCUT2D eigenvalue weighted by molar-refractivity contribution is -0.262. The maximum Gasteiger partial charge on any atom is 0.339 e. The van der Waals surface area contributed by atoms with Crippen LogP contribution in [0.25, 0.3) is 0 Å². The number of rotatable bonds is 9. The highest BCUT2D eigenvalue weighted by Gasteiger charge is 2.94. The number of ketones is 1. The molecule has 13 nitrogen and oxygen atoms in total. The molecule has 1 aromatic heterocycles. The van der Waals surface area contributed by atoms with Crippen molar-refractivity contribution in [2.75, 3.05) is 26.4 Å². The lowest BCUT2D eigenvalue weighted by Crippen LogP contribution is -2.79. The summed E-state index contributed by atoms with van der Waals surface area (Å²) in [5.74, 6) is 0.0568. The van der Waals surface area contributed by atoms with Crippen molar-refractivity contribution in [1.82, 2.24) is 10.2 Å². The zero-order valence-electron chi connectivity index (χ0n) is 35.3. The van der Waals surface area contributed by atoms with Crippen molar-refractivity contribution in [2.24, 2.45) is 57.2 Å². The van der Waals surface area contributed by atoms with Gasteiger partial charge in [0.15, 0.2) is 11.9 Å². The number of cyclic esters (lactones) is 2. The maximum absolute atomic E-state index is 15.6. The molecule has 11 aliphatic rings. The van der Waals surface area contributed by atoms with Crippen LogP contribution < -0.4 is 5.32 Å². The van der Waals surface area contributed by atoms with Crippen molar-refractivity contribution in [3.8, 4) is 0 Å². The van der Waals surface area contributed by atoms with Gasteiger partial charge in [0, 0.05) is 35.4 Å². The number of nitrogens with zero attached hydrogens (tertiary/aromatic N) is 1. The second-order valence-corrected chi connectivity index (χ2v) is 21.3. The van der Waals surface area contributed by atoms with E-state index in [0.29, 0.717) is 67.2 Å². The Labute approximate surface area is 351 Å². The van der Waals surface area contributed by atoms with Crippen LogP contribution in [0.4, 0.5) is 0 Å². The fraction of sp³-hybridized carbons (Fsp3) is 0.766. The Morgan fingerprint density at radius 1 is 1.07 bits per heavy atom. The number of ether oxygens (including phenoxy) is 4. The van der Waals surface area contributed by atoms with E-state index in [1.807, 2.05) is 25.1 Å². The number of aliphatic hydroxyl groups is 3. The normalized spacial score (nSPS) is 49.1. The molecule has 4 spiro atoms. The minimum atomic E-state index is -1.48. The molecule has 6 aliphatic heterocycles. The van der Waals surface area contributed by atoms with Gasteiger partial charge in [0.05, 0.1) is 54.6 Å². The third-order valence-corrected chi connectivity index (χ3v) is 18.8. The van der Waals surface area contributed by atoms with Crippen LogP contribution in [-0.4, -0.2) is 106 Å². The number of hydrogen-bond donors (Lipinski definition) is 4. The Kier molecular flexibility index (Phi) is 8.77. The lowest BCUT2D eigenvalue weighted by atomic mass is 9.33. The number of aliphatic hydroxyl groups excluding tert-OH is 3. The molecule has 12 rings (SSSR count). The molecular formula is C47H62N2O11. The first-order chi connectivity index (χ1) is 28.7. The Hall–Kier alpha value is -3.07. The summed E-state index contributed by atoms with van der Waals surface area (Å²) in [5, 5.41) is 38.3. The van der Waals surface area contributed by atoms with E-state index < -0.39 is 69.4 Å². The van der Waals surface area contributed by atoms with Gasteiger partial charge in [-0.1, -0.05) is 39.0 Å². The Morgan fingerprint density at radius 2 is 1.90 bits per heavy atom. The van der Waals surface area contributed by atoms with E-state index in [9.17, 15) is 24.9 Å². The number of furan rings is 1. The highest BCUT2D eigenvalue weighted by molar-refractivity contribution is 5.97. The van der Waals surface area contributed by atoms with Crippen molar-refractivity contribution in [2.45, 2.75) is 140 Å². The highest BCUT2D eigenvalue weighted by atomic mass is 16.7. The second kappa shape index (κ2) is 13.2. The lowest BCUT2D eigenvalue weighted by Gasteiger charge is -2.69. The second-order valence-electron chi connectivity index (χ2n) is 21.3. The molecule has 1 aromatic rings. The number of Topliss-reactive ketones (excluding diaryl/α,β-unsaturated/α-hetero) is 1. The SMILES string of the molecule is CC(C)CC[C@]1(C)O[C@H]2CC(=O)OC[C@]23[C@H]2CC[C@@]4(C)[C@H](c5ccoc5C[C@@H]([C@H]5CC[C@@H]6[C@H](C=CN7CNC[C@@H]67)C5)[C@H](O)CO)OC(=O)[C@H]5O[C@]54[C@@]24CC=C[C@]31C(=O)[C@H]4O. The predicted molar refractivity (Wildman–Crippen MR) is 213 cm³/mol. The van der Waals surface area contributed by atoms with Crippen LogP contribution in [-0.2, 0) is 39.8 Å². The first-order valence-corrected chi connectivity index (χ1v) is 22.8. The Morgan fingerprint density at radius 3 is 2.70 bits per heavy atom. The van der Waals surface area contributed by atoms with E-state index in [0.717, 1.165) is 38.9 Å². The van der Waals surface area contributed by atoms with Gasteiger partial charge in [0.1, 0.15) is 30.2 Å². The predicted octanol–water partition coefficient (Wildman–Crippen LogP) is 4.14. The largest absolute Gasteiger partial charge is 0.469 e. The molecule has 7 heterocycles. The van der Waals surface area contributed by atoms with Crippen LogP contribution in [0.5, 0.6) is 0 Å². The van der Waals surface area contributed by atoms with Crippen LogP contribution in [0, 0.1) is 57.2 Å². The first kappa shape index (κ1) is 39.8. The summed E-state index contributed by atoms with van der Waals surface area (Å²) in [5.41, 5.74) is -5.99. The topological polar surface area (TPSA) is 181 Å². The average molecular weight is 831 g/mol. The Bertz CT molecular complexity index is 2030. The third kappa shape index (κ3) is 4.67.